The zero-order valence-corrected chi connectivity index (χ0v) is 16.6. The number of nitrogens with zero attached hydrogens (tertiary/aromatic N) is 3. The second kappa shape index (κ2) is 8.93. The third-order valence-corrected chi connectivity index (χ3v) is 5.96. The Bertz CT molecular complexity index is 705. The molecule has 2 rings (SSSR count). The van der Waals surface area contributed by atoms with Crippen LogP contribution in [0.3, 0.4) is 0 Å². The minimum absolute atomic E-state index is 0.0301. The first-order valence-electron chi connectivity index (χ1n) is 8.24. The summed E-state index contributed by atoms with van der Waals surface area (Å²) in [6.07, 6.45) is 2.65. The summed E-state index contributed by atoms with van der Waals surface area (Å²) in [5, 5.41) is 0. The topological polar surface area (TPSA) is 109 Å². The van der Waals surface area contributed by atoms with E-state index in [2.05, 4.69) is 37.5 Å². The van der Waals surface area contributed by atoms with Crippen LogP contribution in [0.1, 0.15) is 19.8 Å². The minimum Gasteiger partial charge on any atom is -0.383 e. The van der Waals surface area contributed by atoms with Gasteiger partial charge in [-0.3, -0.25) is 9.69 Å². The molecule has 0 radical (unpaired) electrons. The summed E-state index contributed by atoms with van der Waals surface area (Å²) in [4.78, 5) is 20.1. The average Bonchev–Trinajstić information content (AvgIpc) is 2.57. The highest BCUT2D eigenvalue weighted by Crippen LogP contribution is 2.20. The number of anilines is 1. The first-order valence-corrected chi connectivity index (χ1v) is 10.5. The van der Waals surface area contributed by atoms with Crippen LogP contribution in [0.5, 0.6) is 0 Å². The predicted molar refractivity (Wildman–Crippen MR) is 99.5 cm³/mol. The average molecular weight is 434 g/mol. The first-order chi connectivity index (χ1) is 11.8. The zero-order chi connectivity index (χ0) is 18.4. The Kier molecular flexibility index (Phi) is 7.17. The Balaban J connectivity index is 1.84. The minimum atomic E-state index is -3.80. The van der Waals surface area contributed by atoms with Crippen LogP contribution in [0.25, 0.3) is 0 Å². The Morgan fingerprint density at radius 1 is 1.36 bits per heavy atom. The molecule has 25 heavy (non-hydrogen) atoms. The highest BCUT2D eigenvalue weighted by molar-refractivity contribution is 9.10. The number of amides is 1. The van der Waals surface area contributed by atoms with Crippen LogP contribution in [0.2, 0.25) is 0 Å². The molecule has 1 aliphatic heterocycles. The van der Waals surface area contributed by atoms with Crippen LogP contribution in [-0.2, 0) is 14.8 Å². The van der Waals surface area contributed by atoms with Crippen molar-refractivity contribution in [2.75, 3.05) is 45.0 Å². The number of hydrogen-bond acceptors (Lipinski definition) is 6. The summed E-state index contributed by atoms with van der Waals surface area (Å²) >= 11 is 3.17. The normalized spacial score (nSPS) is 16.2. The molecule has 0 aromatic carbocycles. The number of carbonyl (C=O) groups excluding carboxylic acids is 1. The standard InChI is InChI=1S/C15H24BrN5O3S/c1-2-5-20-6-8-21(9-7-20)14(22)3-4-19-25(23,24)13-10-12(16)11-18-15(13)17/h10-11,19H,2-9H2,1H3,(H2,17,18). The van der Waals surface area contributed by atoms with Gasteiger partial charge < -0.3 is 10.6 Å². The van der Waals surface area contributed by atoms with Crippen LogP contribution in [0, 0.1) is 0 Å². The Morgan fingerprint density at radius 2 is 2.04 bits per heavy atom. The van der Waals surface area contributed by atoms with Crippen molar-refractivity contribution >= 4 is 37.7 Å². The number of nitrogens with two attached hydrogens (primary N) is 1. The van der Waals surface area contributed by atoms with Gasteiger partial charge in [-0.1, -0.05) is 6.92 Å². The van der Waals surface area contributed by atoms with Gasteiger partial charge in [-0.2, -0.15) is 0 Å². The molecule has 0 saturated carbocycles. The van der Waals surface area contributed by atoms with Crippen molar-refractivity contribution in [3.63, 3.8) is 0 Å². The number of carbonyl (C=O) groups is 1. The smallest absolute Gasteiger partial charge is 0.244 e. The van der Waals surface area contributed by atoms with Crippen LogP contribution >= 0.6 is 15.9 Å². The lowest BCUT2D eigenvalue weighted by Crippen LogP contribution is -2.49. The van der Waals surface area contributed by atoms with E-state index in [1.54, 1.807) is 4.90 Å². The third-order valence-electron chi connectivity index (χ3n) is 4.03. The van der Waals surface area contributed by atoms with Crippen molar-refractivity contribution in [2.45, 2.75) is 24.7 Å². The summed E-state index contributed by atoms with van der Waals surface area (Å²) in [6.45, 7) is 6.32. The van der Waals surface area contributed by atoms with Crippen LogP contribution < -0.4 is 10.5 Å². The summed E-state index contributed by atoms with van der Waals surface area (Å²) in [5.74, 6) is -0.117. The number of sulfonamides is 1. The molecule has 0 atom stereocenters. The maximum absolute atomic E-state index is 12.3. The van der Waals surface area contributed by atoms with Gasteiger partial charge >= 0.3 is 0 Å². The molecule has 10 heteroatoms. The molecule has 0 spiro atoms. The molecule has 0 aliphatic carbocycles. The van der Waals surface area contributed by atoms with Gasteiger partial charge in [-0.15, -0.1) is 0 Å². The highest BCUT2D eigenvalue weighted by atomic mass is 79.9. The fourth-order valence-electron chi connectivity index (χ4n) is 2.71. The van der Waals surface area contributed by atoms with Gasteiger partial charge in [0.05, 0.1) is 0 Å². The summed E-state index contributed by atoms with van der Waals surface area (Å²) in [7, 11) is -3.80. The number of hydrogen-bond donors (Lipinski definition) is 2. The van der Waals surface area contributed by atoms with Crippen molar-refractivity contribution in [1.29, 1.82) is 0 Å². The zero-order valence-electron chi connectivity index (χ0n) is 14.2. The van der Waals surface area contributed by atoms with Gasteiger partial charge in [-0.25, -0.2) is 18.1 Å². The van der Waals surface area contributed by atoms with E-state index in [4.69, 9.17) is 5.73 Å². The maximum Gasteiger partial charge on any atom is 0.244 e. The summed E-state index contributed by atoms with van der Waals surface area (Å²) < 4.78 is 27.5. The largest absolute Gasteiger partial charge is 0.383 e. The van der Waals surface area contributed by atoms with E-state index in [1.165, 1.54) is 12.3 Å². The molecule has 1 aliphatic rings. The molecule has 1 aromatic rings. The van der Waals surface area contributed by atoms with Gasteiger partial charge in [0.2, 0.25) is 15.9 Å². The summed E-state index contributed by atoms with van der Waals surface area (Å²) in [6, 6.07) is 1.39. The van der Waals surface area contributed by atoms with Crippen LogP contribution in [0.4, 0.5) is 5.82 Å². The maximum atomic E-state index is 12.3. The Labute approximate surface area is 156 Å². The molecule has 1 saturated heterocycles. The van der Waals surface area contributed by atoms with Crippen molar-refractivity contribution in [3.05, 3.63) is 16.7 Å². The fraction of sp³-hybridized carbons (Fsp3) is 0.600. The van der Waals surface area contributed by atoms with Gasteiger partial charge in [0, 0.05) is 49.8 Å². The molecule has 1 aromatic heterocycles. The van der Waals surface area contributed by atoms with E-state index in [0.29, 0.717) is 17.6 Å². The van der Waals surface area contributed by atoms with Gasteiger partial charge in [0.25, 0.3) is 0 Å². The SMILES string of the molecule is CCCN1CCN(C(=O)CCNS(=O)(=O)c2cc(Br)cnc2N)CC1. The molecule has 2 heterocycles. The number of halogens is 1. The van der Waals surface area contributed by atoms with E-state index in [0.717, 1.165) is 26.1 Å². The lowest BCUT2D eigenvalue weighted by molar-refractivity contribution is -0.132. The number of aromatic nitrogens is 1. The molecule has 3 N–H and O–H groups in total. The number of nitrogen functional groups attached to an aromatic ring is 1. The van der Waals surface area contributed by atoms with E-state index >= 15 is 0 Å². The van der Waals surface area contributed by atoms with Crippen molar-refractivity contribution < 1.29 is 13.2 Å². The second-order valence-electron chi connectivity index (χ2n) is 5.91. The molecule has 140 valence electrons. The quantitative estimate of drug-likeness (QED) is 0.653. The Hall–Kier alpha value is -1.23. The van der Waals surface area contributed by atoms with E-state index < -0.39 is 10.0 Å². The number of piperazine rings is 1. The van der Waals surface area contributed by atoms with Crippen molar-refractivity contribution in [3.8, 4) is 0 Å². The van der Waals surface area contributed by atoms with Crippen molar-refractivity contribution in [2.24, 2.45) is 0 Å². The van der Waals surface area contributed by atoms with E-state index in [1.807, 2.05) is 0 Å². The monoisotopic (exact) mass is 433 g/mol. The number of rotatable bonds is 7. The van der Waals surface area contributed by atoms with E-state index in [-0.39, 0.29) is 29.6 Å². The Morgan fingerprint density at radius 3 is 2.68 bits per heavy atom. The predicted octanol–water partition coefficient (Wildman–Crippen LogP) is 0.649. The van der Waals surface area contributed by atoms with Crippen LogP contribution in [0.15, 0.2) is 21.6 Å². The third kappa shape index (κ3) is 5.63. The lowest BCUT2D eigenvalue weighted by Gasteiger charge is -2.34. The second-order valence-corrected chi connectivity index (χ2v) is 8.56. The lowest BCUT2D eigenvalue weighted by atomic mass is 10.2. The molecule has 1 amide bonds. The van der Waals surface area contributed by atoms with Crippen LogP contribution in [-0.4, -0.2) is 68.4 Å². The van der Waals surface area contributed by atoms with Crippen molar-refractivity contribution in [1.82, 2.24) is 19.5 Å². The fourth-order valence-corrected chi connectivity index (χ4v) is 4.33. The molecular weight excluding hydrogens is 410 g/mol. The number of pyridine rings is 1. The molecule has 0 unspecified atom stereocenters. The molecule has 0 bridgehead atoms. The van der Waals surface area contributed by atoms with Gasteiger partial charge in [0.15, 0.2) is 0 Å². The number of nitrogens with one attached hydrogen (secondary N) is 1. The molecule has 8 nitrogen and oxygen atoms in total. The van der Waals surface area contributed by atoms with Gasteiger partial charge in [-0.05, 0) is 35.0 Å². The van der Waals surface area contributed by atoms with E-state index in [9.17, 15) is 13.2 Å². The molecular formula is C15H24BrN5O3S. The highest BCUT2D eigenvalue weighted by Gasteiger charge is 2.22. The first kappa shape index (κ1) is 20.1. The van der Waals surface area contributed by atoms with Gasteiger partial charge in [0.1, 0.15) is 10.7 Å². The summed E-state index contributed by atoms with van der Waals surface area (Å²) in [5.41, 5.74) is 5.63. The molecule has 1 fully saturated rings.